The van der Waals surface area contributed by atoms with Gasteiger partial charge in [-0.2, -0.15) is 0 Å². The molecule has 0 radical (unpaired) electrons. The van der Waals surface area contributed by atoms with E-state index < -0.39 is 0 Å². The molecule has 0 aliphatic heterocycles. The molecule has 2 N–H and O–H groups in total. The van der Waals surface area contributed by atoms with Crippen molar-refractivity contribution < 1.29 is 10.2 Å². The van der Waals surface area contributed by atoms with Gasteiger partial charge in [0.15, 0.2) is 0 Å². The highest BCUT2D eigenvalue weighted by Crippen LogP contribution is 2.40. The zero-order valence-electron chi connectivity index (χ0n) is 16.6. The smallest absolute Gasteiger partial charge is 0.119 e. The third-order valence-electron chi connectivity index (χ3n) is 6.05. The van der Waals surface area contributed by atoms with Crippen molar-refractivity contribution >= 4 is 0 Å². The molecule has 142 valence electrons. The fourth-order valence-corrected chi connectivity index (χ4v) is 4.25. The number of benzene rings is 1. The molecular formula is C23H38O2. The molecule has 0 spiro atoms. The molecule has 2 atom stereocenters. The van der Waals surface area contributed by atoms with Crippen molar-refractivity contribution in [2.45, 2.75) is 109 Å². The standard InChI is InChI=1S/C23H38O2/c1-4-5-6-7-8-9-15-23(2,3)19-13-14-21(22(25)17-19)18-11-10-12-20(24)16-18/h13-14,17-18,20,24-25H,4-12,15-16H2,1-3H3/t18-,20+/m1/s1. The van der Waals surface area contributed by atoms with Gasteiger partial charge >= 0.3 is 0 Å². The van der Waals surface area contributed by atoms with Crippen LogP contribution in [-0.4, -0.2) is 16.3 Å². The van der Waals surface area contributed by atoms with Gasteiger partial charge in [0.2, 0.25) is 0 Å². The van der Waals surface area contributed by atoms with E-state index in [1.54, 1.807) is 0 Å². The molecule has 1 aliphatic rings. The van der Waals surface area contributed by atoms with Crippen molar-refractivity contribution in [2.24, 2.45) is 0 Å². The van der Waals surface area contributed by atoms with Gasteiger partial charge < -0.3 is 10.2 Å². The molecule has 1 saturated carbocycles. The van der Waals surface area contributed by atoms with Crippen molar-refractivity contribution in [3.05, 3.63) is 29.3 Å². The van der Waals surface area contributed by atoms with Crippen LogP contribution in [0.15, 0.2) is 18.2 Å². The highest BCUT2D eigenvalue weighted by Gasteiger charge is 2.26. The highest BCUT2D eigenvalue weighted by molar-refractivity contribution is 5.41. The molecule has 2 nitrogen and oxygen atoms in total. The van der Waals surface area contributed by atoms with E-state index in [0.717, 1.165) is 31.2 Å². The van der Waals surface area contributed by atoms with Crippen LogP contribution in [0.4, 0.5) is 0 Å². The van der Waals surface area contributed by atoms with Gasteiger partial charge in [-0.1, -0.05) is 77.8 Å². The second kappa shape index (κ2) is 9.62. The maximum Gasteiger partial charge on any atom is 0.119 e. The third kappa shape index (κ3) is 6.02. The third-order valence-corrected chi connectivity index (χ3v) is 6.05. The molecule has 0 aromatic heterocycles. The number of hydrogen-bond acceptors (Lipinski definition) is 2. The highest BCUT2D eigenvalue weighted by atomic mass is 16.3. The van der Waals surface area contributed by atoms with Crippen molar-refractivity contribution in [3.63, 3.8) is 0 Å². The molecule has 25 heavy (non-hydrogen) atoms. The molecular weight excluding hydrogens is 308 g/mol. The van der Waals surface area contributed by atoms with E-state index in [1.807, 2.05) is 6.07 Å². The number of unbranched alkanes of at least 4 members (excludes halogenated alkanes) is 5. The largest absolute Gasteiger partial charge is 0.508 e. The zero-order chi connectivity index (χ0) is 18.3. The van der Waals surface area contributed by atoms with E-state index in [4.69, 9.17) is 0 Å². The Balaban J connectivity index is 1.93. The van der Waals surface area contributed by atoms with E-state index in [0.29, 0.717) is 11.7 Å². The average molecular weight is 347 g/mol. The summed E-state index contributed by atoms with van der Waals surface area (Å²) in [5.74, 6) is 0.729. The van der Waals surface area contributed by atoms with Crippen LogP contribution >= 0.6 is 0 Å². The molecule has 0 saturated heterocycles. The maximum atomic E-state index is 10.6. The molecule has 0 bridgehead atoms. The van der Waals surface area contributed by atoms with Gasteiger partial charge in [0.1, 0.15) is 5.75 Å². The first-order valence-electron chi connectivity index (χ1n) is 10.5. The minimum absolute atomic E-state index is 0.104. The van der Waals surface area contributed by atoms with E-state index in [-0.39, 0.29) is 11.5 Å². The summed E-state index contributed by atoms with van der Waals surface area (Å²) in [5.41, 5.74) is 2.36. The van der Waals surface area contributed by atoms with Gasteiger partial charge in [-0.05, 0) is 54.2 Å². The lowest BCUT2D eigenvalue weighted by Gasteiger charge is -2.29. The van der Waals surface area contributed by atoms with Gasteiger partial charge in [-0.25, -0.2) is 0 Å². The first-order valence-corrected chi connectivity index (χ1v) is 10.5. The zero-order valence-corrected chi connectivity index (χ0v) is 16.6. The topological polar surface area (TPSA) is 40.5 Å². The summed E-state index contributed by atoms with van der Waals surface area (Å²) in [6, 6.07) is 6.29. The molecule has 2 rings (SSSR count). The lowest BCUT2D eigenvalue weighted by Crippen LogP contribution is -2.19. The van der Waals surface area contributed by atoms with Crippen LogP contribution < -0.4 is 0 Å². The molecule has 0 heterocycles. The predicted molar refractivity (Wildman–Crippen MR) is 106 cm³/mol. The van der Waals surface area contributed by atoms with Gasteiger partial charge in [-0.3, -0.25) is 0 Å². The Hall–Kier alpha value is -1.02. The second-order valence-electron chi connectivity index (χ2n) is 8.69. The Morgan fingerprint density at radius 1 is 1.04 bits per heavy atom. The monoisotopic (exact) mass is 346 g/mol. The van der Waals surface area contributed by atoms with E-state index >= 15 is 0 Å². The SMILES string of the molecule is CCCCCCCCC(C)(C)c1ccc([C@@H]2CCC[C@H](O)C2)c(O)c1. The minimum Gasteiger partial charge on any atom is -0.508 e. The molecule has 1 fully saturated rings. The number of aliphatic hydroxyl groups excluding tert-OH is 1. The van der Waals surface area contributed by atoms with E-state index in [2.05, 4.69) is 32.9 Å². The Labute approximate surface area is 154 Å². The van der Waals surface area contributed by atoms with Crippen LogP contribution in [0, 0.1) is 0 Å². The number of phenolic OH excluding ortho intramolecular Hbond substituents is 1. The first kappa shape index (κ1) is 20.3. The number of aromatic hydroxyl groups is 1. The number of rotatable bonds is 9. The normalized spacial score (nSPS) is 21.4. The summed E-state index contributed by atoms with van der Waals surface area (Å²) in [6.45, 7) is 6.84. The fourth-order valence-electron chi connectivity index (χ4n) is 4.25. The van der Waals surface area contributed by atoms with Gasteiger partial charge in [0.05, 0.1) is 6.10 Å². The van der Waals surface area contributed by atoms with E-state index in [9.17, 15) is 10.2 Å². The number of aliphatic hydroxyl groups is 1. The van der Waals surface area contributed by atoms with Gasteiger partial charge in [0.25, 0.3) is 0 Å². The summed E-state index contributed by atoms with van der Waals surface area (Å²) in [7, 11) is 0. The maximum absolute atomic E-state index is 10.6. The van der Waals surface area contributed by atoms with Crippen LogP contribution in [0.25, 0.3) is 0 Å². The quantitative estimate of drug-likeness (QED) is 0.505. The summed E-state index contributed by atoms with van der Waals surface area (Å²) < 4.78 is 0. The molecule has 1 aromatic carbocycles. The van der Waals surface area contributed by atoms with Gasteiger partial charge in [-0.15, -0.1) is 0 Å². The molecule has 1 aliphatic carbocycles. The fraction of sp³-hybridized carbons (Fsp3) is 0.739. The summed E-state index contributed by atoms with van der Waals surface area (Å²) >= 11 is 0. The number of hydrogen-bond donors (Lipinski definition) is 2. The number of phenols is 1. The summed E-state index contributed by atoms with van der Waals surface area (Å²) in [5, 5.41) is 20.5. The average Bonchev–Trinajstić information content (AvgIpc) is 2.58. The molecule has 2 heteroatoms. The van der Waals surface area contributed by atoms with Gasteiger partial charge in [0, 0.05) is 0 Å². The Morgan fingerprint density at radius 3 is 2.44 bits per heavy atom. The van der Waals surface area contributed by atoms with Crippen molar-refractivity contribution in [1.82, 2.24) is 0 Å². The molecule has 0 amide bonds. The van der Waals surface area contributed by atoms with Crippen molar-refractivity contribution in [3.8, 4) is 5.75 Å². The lowest BCUT2D eigenvalue weighted by molar-refractivity contribution is 0.119. The molecule has 0 unspecified atom stereocenters. The van der Waals surface area contributed by atoms with Crippen LogP contribution in [0.3, 0.4) is 0 Å². The van der Waals surface area contributed by atoms with Crippen molar-refractivity contribution in [1.29, 1.82) is 0 Å². The Kier molecular flexibility index (Phi) is 7.81. The minimum atomic E-state index is -0.207. The Morgan fingerprint density at radius 2 is 1.76 bits per heavy atom. The van der Waals surface area contributed by atoms with Crippen molar-refractivity contribution in [2.75, 3.05) is 0 Å². The van der Waals surface area contributed by atoms with Crippen LogP contribution in [0.2, 0.25) is 0 Å². The molecule has 1 aromatic rings. The summed E-state index contributed by atoms with van der Waals surface area (Å²) in [6.07, 6.45) is 12.7. The van der Waals surface area contributed by atoms with E-state index in [1.165, 1.54) is 50.5 Å². The predicted octanol–water partition coefficient (Wildman–Crippen LogP) is 6.44. The van der Waals surface area contributed by atoms with Crippen LogP contribution in [0.1, 0.15) is 108 Å². The second-order valence-corrected chi connectivity index (χ2v) is 8.69. The van der Waals surface area contributed by atoms with Crippen LogP contribution in [-0.2, 0) is 5.41 Å². The Bertz CT molecular complexity index is 521. The first-order chi connectivity index (χ1) is 11.9. The van der Waals surface area contributed by atoms with Crippen LogP contribution in [0.5, 0.6) is 5.75 Å². The lowest BCUT2D eigenvalue weighted by atomic mass is 9.77. The summed E-state index contributed by atoms with van der Waals surface area (Å²) in [4.78, 5) is 0.